The van der Waals surface area contributed by atoms with Gasteiger partial charge in [0.2, 0.25) is 0 Å². The molecule has 0 unspecified atom stereocenters. The second kappa shape index (κ2) is 5.97. The highest BCUT2D eigenvalue weighted by Gasteiger charge is 2.05. The number of pyridine rings is 1. The molecule has 2 aromatic rings. The molecule has 0 saturated carbocycles. The van der Waals surface area contributed by atoms with E-state index in [2.05, 4.69) is 15.0 Å². The number of aromatic nitrogens is 1. The van der Waals surface area contributed by atoms with Crippen molar-refractivity contribution >= 4 is 17.5 Å². The summed E-state index contributed by atoms with van der Waals surface area (Å²) in [5.41, 5.74) is 7.74. The number of anilines is 2. The third-order valence-corrected chi connectivity index (χ3v) is 2.62. The lowest BCUT2D eigenvalue weighted by Gasteiger charge is -2.07. The number of esters is 1. The summed E-state index contributed by atoms with van der Waals surface area (Å²) in [7, 11) is 1.36. The minimum atomic E-state index is -0.366. The molecule has 1 aromatic heterocycles. The van der Waals surface area contributed by atoms with Crippen molar-refractivity contribution in [3.63, 3.8) is 0 Å². The van der Waals surface area contributed by atoms with Crippen molar-refractivity contribution in [1.29, 1.82) is 0 Å². The van der Waals surface area contributed by atoms with Gasteiger partial charge in [-0.3, -0.25) is 0 Å². The zero-order chi connectivity index (χ0) is 13.7. The van der Waals surface area contributed by atoms with Gasteiger partial charge in [-0.2, -0.15) is 0 Å². The zero-order valence-electron chi connectivity index (χ0n) is 10.6. The number of hydrogen-bond donors (Lipinski definition) is 2. The molecule has 0 atom stereocenters. The first-order valence-electron chi connectivity index (χ1n) is 5.83. The summed E-state index contributed by atoms with van der Waals surface area (Å²) >= 11 is 0. The van der Waals surface area contributed by atoms with E-state index in [0.29, 0.717) is 17.9 Å². The number of ether oxygens (including phenoxy) is 1. The number of rotatable bonds is 4. The Kier molecular flexibility index (Phi) is 4.10. The molecule has 0 amide bonds. The number of nitrogens with one attached hydrogen (secondary N) is 1. The molecule has 0 saturated heterocycles. The fourth-order valence-corrected chi connectivity index (χ4v) is 1.61. The maximum atomic E-state index is 11.4. The van der Waals surface area contributed by atoms with Gasteiger partial charge in [0.05, 0.1) is 12.7 Å². The van der Waals surface area contributed by atoms with E-state index in [1.165, 1.54) is 7.11 Å². The van der Waals surface area contributed by atoms with Crippen LogP contribution >= 0.6 is 0 Å². The molecule has 5 heteroatoms. The quantitative estimate of drug-likeness (QED) is 0.820. The standard InChI is InChI=1S/C14H15N3O2/c1-19-14(18)11-3-2-4-12(7-11)17-13-6-5-10(8-15)9-16-13/h2-7,9H,8,15H2,1H3,(H,16,17). The highest BCUT2D eigenvalue weighted by atomic mass is 16.5. The Hall–Kier alpha value is -2.40. The summed E-state index contributed by atoms with van der Waals surface area (Å²) < 4.78 is 4.68. The monoisotopic (exact) mass is 257 g/mol. The fraction of sp³-hybridized carbons (Fsp3) is 0.143. The summed E-state index contributed by atoms with van der Waals surface area (Å²) in [5.74, 6) is 0.328. The number of benzene rings is 1. The predicted octanol–water partition coefficient (Wildman–Crippen LogP) is 2.07. The molecule has 0 aliphatic rings. The maximum absolute atomic E-state index is 11.4. The highest BCUT2D eigenvalue weighted by Crippen LogP contribution is 2.16. The molecule has 0 radical (unpaired) electrons. The SMILES string of the molecule is COC(=O)c1cccc(Nc2ccc(CN)cn2)c1. The highest BCUT2D eigenvalue weighted by molar-refractivity contribution is 5.90. The van der Waals surface area contributed by atoms with Crippen LogP contribution in [0.15, 0.2) is 42.6 Å². The van der Waals surface area contributed by atoms with E-state index in [4.69, 9.17) is 5.73 Å². The molecule has 0 bridgehead atoms. The van der Waals surface area contributed by atoms with Crippen LogP contribution in [0.25, 0.3) is 0 Å². The second-order valence-corrected chi connectivity index (χ2v) is 3.95. The minimum absolute atomic E-state index is 0.366. The van der Waals surface area contributed by atoms with Crippen LogP contribution in [0.5, 0.6) is 0 Å². The van der Waals surface area contributed by atoms with Crippen LogP contribution in [0.2, 0.25) is 0 Å². The Morgan fingerprint density at radius 3 is 2.84 bits per heavy atom. The van der Waals surface area contributed by atoms with Gasteiger partial charge in [0.15, 0.2) is 0 Å². The van der Waals surface area contributed by atoms with Crippen molar-refractivity contribution in [2.24, 2.45) is 5.73 Å². The normalized spacial score (nSPS) is 10.0. The molecule has 1 aromatic carbocycles. The molecule has 2 rings (SSSR count). The largest absolute Gasteiger partial charge is 0.465 e. The minimum Gasteiger partial charge on any atom is -0.465 e. The van der Waals surface area contributed by atoms with Gasteiger partial charge in [0.1, 0.15) is 5.82 Å². The summed E-state index contributed by atoms with van der Waals surface area (Å²) in [6, 6.07) is 10.8. The number of nitrogens with two attached hydrogens (primary N) is 1. The van der Waals surface area contributed by atoms with Crippen LogP contribution < -0.4 is 11.1 Å². The Morgan fingerprint density at radius 2 is 2.21 bits per heavy atom. The third kappa shape index (κ3) is 3.29. The van der Waals surface area contributed by atoms with Crippen molar-refractivity contribution in [1.82, 2.24) is 4.98 Å². The molecule has 0 spiro atoms. The average molecular weight is 257 g/mol. The first-order valence-corrected chi connectivity index (χ1v) is 5.83. The predicted molar refractivity (Wildman–Crippen MR) is 73.2 cm³/mol. The van der Waals surface area contributed by atoms with Gasteiger partial charge in [-0.05, 0) is 29.8 Å². The van der Waals surface area contributed by atoms with Crippen LogP contribution in [0.1, 0.15) is 15.9 Å². The van der Waals surface area contributed by atoms with Crippen molar-refractivity contribution in [2.75, 3.05) is 12.4 Å². The molecule has 98 valence electrons. The van der Waals surface area contributed by atoms with E-state index in [-0.39, 0.29) is 5.97 Å². The van der Waals surface area contributed by atoms with E-state index in [1.807, 2.05) is 18.2 Å². The summed E-state index contributed by atoms with van der Waals surface area (Å²) in [6.07, 6.45) is 1.71. The van der Waals surface area contributed by atoms with Gasteiger partial charge in [-0.15, -0.1) is 0 Å². The van der Waals surface area contributed by atoms with Crippen LogP contribution in [0, 0.1) is 0 Å². The van der Waals surface area contributed by atoms with Gasteiger partial charge in [-0.25, -0.2) is 9.78 Å². The molecule has 0 aliphatic carbocycles. The van der Waals surface area contributed by atoms with Gasteiger partial charge in [0.25, 0.3) is 0 Å². The molecule has 0 fully saturated rings. The van der Waals surface area contributed by atoms with E-state index in [0.717, 1.165) is 11.3 Å². The van der Waals surface area contributed by atoms with E-state index in [9.17, 15) is 4.79 Å². The second-order valence-electron chi connectivity index (χ2n) is 3.95. The van der Waals surface area contributed by atoms with Crippen LogP contribution in [0.4, 0.5) is 11.5 Å². The first kappa shape index (κ1) is 13.0. The smallest absolute Gasteiger partial charge is 0.337 e. The molecule has 19 heavy (non-hydrogen) atoms. The maximum Gasteiger partial charge on any atom is 0.337 e. The molecule has 5 nitrogen and oxygen atoms in total. The lowest BCUT2D eigenvalue weighted by atomic mass is 10.2. The molecule has 0 aliphatic heterocycles. The molecule has 3 N–H and O–H groups in total. The van der Waals surface area contributed by atoms with Crippen molar-refractivity contribution in [3.8, 4) is 0 Å². The first-order chi connectivity index (χ1) is 9.22. The van der Waals surface area contributed by atoms with Crippen LogP contribution in [-0.2, 0) is 11.3 Å². The van der Waals surface area contributed by atoms with Crippen molar-refractivity contribution < 1.29 is 9.53 Å². The number of carbonyl (C=O) groups excluding carboxylic acids is 1. The summed E-state index contributed by atoms with van der Waals surface area (Å²) in [4.78, 5) is 15.7. The van der Waals surface area contributed by atoms with E-state index >= 15 is 0 Å². The number of hydrogen-bond acceptors (Lipinski definition) is 5. The lowest BCUT2D eigenvalue weighted by molar-refractivity contribution is 0.0601. The third-order valence-electron chi connectivity index (χ3n) is 2.62. The summed E-state index contributed by atoms with van der Waals surface area (Å²) in [5, 5.41) is 3.11. The number of carbonyl (C=O) groups is 1. The van der Waals surface area contributed by atoms with E-state index < -0.39 is 0 Å². The molecular formula is C14H15N3O2. The number of methoxy groups -OCH3 is 1. The zero-order valence-corrected chi connectivity index (χ0v) is 10.6. The van der Waals surface area contributed by atoms with E-state index in [1.54, 1.807) is 24.4 Å². The lowest BCUT2D eigenvalue weighted by Crippen LogP contribution is -2.02. The Morgan fingerprint density at radius 1 is 1.37 bits per heavy atom. The van der Waals surface area contributed by atoms with Gasteiger partial charge in [-0.1, -0.05) is 12.1 Å². The fourth-order valence-electron chi connectivity index (χ4n) is 1.61. The Labute approximate surface area is 111 Å². The van der Waals surface area contributed by atoms with Gasteiger partial charge >= 0.3 is 5.97 Å². The Bertz CT molecular complexity index is 567. The molecule has 1 heterocycles. The van der Waals surface area contributed by atoms with Gasteiger partial charge in [0, 0.05) is 18.4 Å². The van der Waals surface area contributed by atoms with Crippen LogP contribution in [-0.4, -0.2) is 18.1 Å². The van der Waals surface area contributed by atoms with Gasteiger partial charge < -0.3 is 15.8 Å². The Balaban J connectivity index is 2.16. The molecular weight excluding hydrogens is 242 g/mol. The van der Waals surface area contributed by atoms with Crippen molar-refractivity contribution in [2.45, 2.75) is 6.54 Å². The summed E-state index contributed by atoms with van der Waals surface area (Å²) in [6.45, 7) is 0.463. The van der Waals surface area contributed by atoms with Crippen molar-refractivity contribution in [3.05, 3.63) is 53.7 Å². The average Bonchev–Trinajstić information content (AvgIpc) is 2.47. The van der Waals surface area contributed by atoms with Crippen LogP contribution in [0.3, 0.4) is 0 Å². The topological polar surface area (TPSA) is 77.2 Å². The number of nitrogens with zero attached hydrogens (tertiary/aromatic N) is 1.